The molecule has 0 spiro atoms. The summed E-state index contributed by atoms with van der Waals surface area (Å²) in [5.41, 5.74) is 2.34. The molecule has 2 N–H and O–H groups in total. The molecule has 0 fully saturated rings. The van der Waals surface area contributed by atoms with E-state index in [2.05, 4.69) is 10.6 Å². The first-order chi connectivity index (χ1) is 8.61. The number of nitrogens with one attached hydrogen (secondary N) is 2. The van der Waals surface area contributed by atoms with Crippen molar-refractivity contribution in [3.8, 4) is 0 Å². The fourth-order valence-electron chi connectivity index (χ4n) is 1.74. The molecule has 18 heavy (non-hydrogen) atoms. The summed E-state index contributed by atoms with van der Waals surface area (Å²) in [7, 11) is 3.24. The molecule has 0 unspecified atom stereocenters. The van der Waals surface area contributed by atoms with E-state index in [0.717, 1.165) is 11.1 Å². The van der Waals surface area contributed by atoms with Gasteiger partial charge in [0, 0.05) is 20.6 Å². The van der Waals surface area contributed by atoms with E-state index in [1.807, 2.05) is 18.2 Å². The Bertz CT molecular complexity index is 627. The Labute approximate surface area is 104 Å². The Morgan fingerprint density at radius 3 is 2.94 bits per heavy atom. The first-order valence-electron chi connectivity index (χ1n) is 5.66. The molecule has 1 aromatic carbocycles. The summed E-state index contributed by atoms with van der Waals surface area (Å²) in [4.78, 5) is 22.3. The van der Waals surface area contributed by atoms with E-state index in [4.69, 9.17) is 4.42 Å². The van der Waals surface area contributed by atoms with Crippen LogP contribution in [0.1, 0.15) is 5.56 Å². The topological polar surface area (TPSA) is 76.3 Å². The molecule has 1 aromatic heterocycles. The summed E-state index contributed by atoms with van der Waals surface area (Å²) in [5, 5.41) is 5.18. The van der Waals surface area contributed by atoms with Gasteiger partial charge >= 0.3 is 11.8 Å². The largest absolute Gasteiger partial charge is 0.419 e. The van der Waals surface area contributed by atoms with Gasteiger partial charge in [0.1, 0.15) is 0 Å². The van der Waals surface area contributed by atoms with Crippen molar-refractivity contribution in [2.24, 2.45) is 7.05 Å². The van der Waals surface area contributed by atoms with Crippen molar-refractivity contribution in [3.05, 3.63) is 34.3 Å². The Balaban J connectivity index is 2.11. The van der Waals surface area contributed by atoms with Crippen molar-refractivity contribution in [2.75, 3.05) is 13.6 Å². The number of benzene rings is 1. The zero-order valence-electron chi connectivity index (χ0n) is 10.3. The first-order valence-corrected chi connectivity index (χ1v) is 5.66. The summed E-state index contributed by atoms with van der Waals surface area (Å²) >= 11 is 0. The lowest BCUT2D eigenvalue weighted by Gasteiger charge is -2.04. The second kappa shape index (κ2) is 4.95. The molecule has 0 aliphatic heterocycles. The van der Waals surface area contributed by atoms with Gasteiger partial charge in [-0.3, -0.25) is 4.57 Å². The van der Waals surface area contributed by atoms with Crippen LogP contribution in [0.2, 0.25) is 0 Å². The summed E-state index contributed by atoms with van der Waals surface area (Å²) in [6, 6.07) is 5.38. The zero-order chi connectivity index (χ0) is 13.1. The van der Waals surface area contributed by atoms with E-state index in [0.29, 0.717) is 18.5 Å². The molecule has 2 aromatic rings. The van der Waals surface area contributed by atoms with Crippen LogP contribution in [0.4, 0.5) is 4.79 Å². The van der Waals surface area contributed by atoms with Gasteiger partial charge in [0.05, 0.1) is 5.52 Å². The second-order valence-corrected chi connectivity index (χ2v) is 3.98. The lowest BCUT2D eigenvalue weighted by Crippen LogP contribution is -2.33. The smallest absolute Gasteiger partial charge is 0.408 e. The number of carbonyl (C=O) groups excluding carboxylic acids is 1. The number of nitrogens with zero attached hydrogens (tertiary/aromatic N) is 1. The van der Waals surface area contributed by atoms with Gasteiger partial charge in [-0.15, -0.1) is 0 Å². The quantitative estimate of drug-likeness (QED) is 0.836. The van der Waals surface area contributed by atoms with E-state index in [1.54, 1.807) is 14.1 Å². The number of aryl methyl sites for hydroxylation is 1. The van der Waals surface area contributed by atoms with Crippen LogP contribution in [0.3, 0.4) is 0 Å². The summed E-state index contributed by atoms with van der Waals surface area (Å²) < 4.78 is 6.56. The van der Waals surface area contributed by atoms with Crippen molar-refractivity contribution >= 4 is 17.1 Å². The molecule has 0 bridgehead atoms. The average Bonchev–Trinajstić information content (AvgIpc) is 2.64. The number of fused-ring (bicyclic) bond motifs is 1. The number of hydrogen-bond donors (Lipinski definition) is 2. The fraction of sp³-hybridized carbons (Fsp3) is 0.333. The van der Waals surface area contributed by atoms with Crippen LogP contribution in [0.5, 0.6) is 0 Å². The third-order valence-corrected chi connectivity index (χ3v) is 2.78. The SMILES string of the molecule is CNC(=O)NCCc1ccc2c(c1)oc(=O)n2C. The minimum atomic E-state index is -0.370. The van der Waals surface area contributed by atoms with Gasteiger partial charge in [-0.25, -0.2) is 9.59 Å². The minimum absolute atomic E-state index is 0.206. The molecule has 2 rings (SSSR count). The lowest BCUT2D eigenvalue weighted by atomic mass is 10.1. The second-order valence-electron chi connectivity index (χ2n) is 3.98. The maximum absolute atomic E-state index is 11.3. The highest BCUT2D eigenvalue weighted by atomic mass is 16.4. The molecule has 0 atom stereocenters. The monoisotopic (exact) mass is 249 g/mol. The number of rotatable bonds is 3. The number of carbonyl (C=O) groups is 1. The van der Waals surface area contributed by atoms with E-state index in [-0.39, 0.29) is 11.8 Å². The van der Waals surface area contributed by atoms with E-state index < -0.39 is 0 Å². The third-order valence-electron chi connectivity index (χ3n) is 2.78. The summed E-state index contributed by atoms with van der Waals surface area (Å²) in [6.07, 6.45) is 0.683. The van der Waals surface area contributed by atoms with Crippen LogP contribution in [-0.2, 0) is 13.5 Å². The van der Waals surface area contributed by atoms with E-state index >= 15 is 0 Å². The van der Waals surface area contributed by atoms with Crippen molar-refractivity contribution in [1.82, 2.24) is 15.2 Å². The van der Waals surface area contributed by atoms with Crippen LogP contribution >= 0.6 is 0 Å². The standard InChI is InChI=1S/C12H15N3O3/c1-13-11(16)14-6-5-8-3-4-9-10(7-8)18-12(17)15(9)2/h3-4,7H,5-6H2,1-2H3,(H2,13,14,16). The van der Waals surface area contributed by atoms with Gasteiger partial charge in [-0.1, -0.05) is 6.07 Å². The molecule has 96 valence electrons. The van der Waals surface area contributed by atoms with Gasteiger partial charge in [-0.05, 0) is 24.1 Å². The van der Waals surface area contributed by atoms with Crippen molar-refractivity contribution in [1.29, 1.82) is 0 Å². The Hall–Kier alpha value is -2.24. The summed E-state index contributed by atoms with van der Waals surface area (Å²) in [6.45, 7) is 0.530. The number of urea groups is 1. The Kier molecular flexibility index (Phi) is 3.36. The predicted octanol–water partition coefficient (Wildman–Crippen LogP) is 0.603. The lowest BCUT2D eigenvalue weighted by molar-refractivity contribution is 0.243. The highest BCUT2D eigenvalue weighted by Gasteiger charge is 2.06. The fourth-order valence-corrected chi connectivity index (χ4v) is 1.74. The molecule has 0 aliphatic rings. The van der Waals surface area contributed by atoms with Gasteiger partial charge in [0.2, 0.25) is 0 Å². The molecule has 0 saturated carbocycles. The maximum Gasteiger partial charge on any atom is 0.419 e. The predicted molar refractivity (Wildman–Crippen MR) is 67.6 cm³/mol. The zero-order valence-corrected chi connectivity index (χ0v) is 10.3. The highest BCUT2D eigenvalue weighted by Crippen LogP contribution is 2.14. The number of amides is 2. The number of oxazole rings is 1. The highest BCUT2D eigenvalue weighted by molar-refractivity contribution is 5.74. The van der Waals surface area contributed by atoms with Gasteiger partial charge in [0.15, 0.2) is 5.58 Å². The van der Waals surface area contributed by atoms with Crippen LogP contribution < -0.4 is 16.4 Å². The molecule has 1 heterocycles. The Morgan fingerprint density at radius 2 is 2.22 bits per heavy atom. The van der Waals surface area contributed by atoms with Crippen LogP contribution in [0, 0.1) is 0 Å². The number of aromatic nitrogens is 1. The molecule has 0 radical (unpaired) electrons. The normalized spacial score (nSPS) is 10.6. The van der Waals surface area contributed by atoms with E-state index in [1.165, 1.54) is 4.57 Å². The van der Waals surface area contributed by atoms with E-state index in [9.17, 15) is 9.59 Å². The average molecular weight is 249 g/mol. The first kappa shape index (κ1) is 12.2. The molecular weight excluding hydrogens is 234 g/mol. The number of hydrogen-bond acceptors (Lipinski definition) is 3. The molecule has 6 nitrogen and oxygen atoms in total. The van der Waals surface area contributed by atoms with Gasteiger partial charge in [0.25, 0.3) is 0 Å². The van der Waals surface area contributed by atoms with Crippen molar-refractivity contribution < 1.29 is 9.21 Å². The van der Waals surface area contributed by atoms with Gasteiger partial charge < -0.3 is 15.1 Å². The van der Waals surface area contributed by atoms with Crippen molar-refractivity contribution in [2.45, 2.75) is 6.42 Å². The van der Waals surface area contributed by atoms with Crippen molar-refractivity contribution in [3.63, 3.8) is 0 Å². The molecule has 0 saturated heterocycles. The minimum Gasteiger partial charge on any atom is -0.408 e. The maximum atomic E-state index is 11.3. The molecule has 0 aliphatic carbocycles. The Morgan fingerprint density at radius 1 is 1.44 bits per heavy atom. The molecular formula is C12H15N3O3. The molecule has 2 amide bonds. The van der Waals surface area contributed by atoms with Gasteiger partial charge in [-0.2, -0.15) is 0 Å². The third kappa shape index (κ3) is 2.37. The van der Waals surface area contributed by atoms with Crippen LogP contribution in [0.25, 0.3) is 11.1 Å². The molecule has 6 heteroatoms. The summed E-state index contributed by atoms with van der Waals surface area (Å²) in [5.74, 6) is -0.370. The van der Waals surface area contributed by atoms with Crippen LogP contribution in [-0.4, -0.2) is 24.2 Å². The van der Waals surface area contributed by atoms with Crippen LogP contribution in [0.15, 0.2) is 27.4 Å².